The number of benzene rings is 1. The summed E-state index contributed by atoms with van der Waals surface area (Å²) in [5.74, 6) is -0.0146. The number of ether oxygens (including phenoxy) is 1. The Kier molecular flexibility index (Phi) is 6.73. The average Bonchev–Trinajstić information content (AvgIpc) is 3.15. The van der Waals surface area contributed by atoms with Gasteiger partial charge in [0.15, 0.2) is 0 Å². The van der Waals surface area contributed by atoms with E-state index in [0.717, 1.165) is 24.6 Å². The van der Waals surface area contributed by atoms with Crippen LogP contribution in [0.2, 0.25) is 5.02 Å². The normalized spacial score (nSPS) is 17.0. The van der Waals surface area contributed by atoms with E-state index in [1.807, 2.05) is 6.07 Å². The SMILES string of the molecule is CCOC(=O)[C@H]1CCCCN1C(=O)CSc1nnc(-c2cccc(Cl)c2)o1. The summed E-state index contributed by atoms with van der Waals surface area (Å²) in [5, 5.41) is 8.82. The van der Waals surface area contributed by atoms with E-state index >= 15 is 0 Å². The van der Waals surface area contributed by atoms with Crippen LogP contribution in [0.3, 0.4) is 0 Å². The van der Waals surface area contributed by atoms with Crippen molar-refractivity contribution in [2.24, 2.45) is 0 Å². The predicted octanol–water partition coefficient (Wildman–Crippen LogP) is 3.43. The molecule has 144 valence electrons. The van der Waals surface area contributed by atoms with Crippen LogP contribution < -0.4 is 0 Å². The van der Waals surface area contributed by atoms with Crippen molar-refractivity contribution in [3.63, 3.8) is 0 Å². The number of aromatic nitrogens is 2. The molecule has 0 aliphatic carbocycles. The number of thioether (sulfide) groups is 1. The second kappa shape index (κ2) is 9.23. The number of piperidine rings is 1. The highest BCUT2D eigenvalue weighted by atomic mass is 35.5. The van der Waals surface area contributed by atoms with Crippen molar-refractivity contribution in [2.45, 2.75) is 37.5 Å². The Bertz CT molecular complexity index is 813. The summed E-state index contributed by atoms with van der Waals surface area (Å²) in [6, 6.07) is 6.60. The zero-order chi connectivity index (χ0) is 19.2. The molecule has 3 rings (SSSR count). The van der Waals surface area contributed by atoms with Crippen LogP contribution in [0.15, 0.2) is 33.9 Å². The minimum absolute atomic E-state index is 0.118. The Morgan fingerprint density at radius 3 is 3.00 bits per heavy atom. The van der Waals surface area contributed by atoms with Crippen LogP contribution in [0.25, 0.3) is 11.5 Å². The van der Waals surface area contributed by atoms with Crippen LogP contribution in [0, 0.1) is 0 Å². The first kappa shape index (κ1) is 19.7. The van der Waals surface area contributed by atoms with Crippen LogP contribution in [-0.4, -0.2) is 51.9 Å². The number of hydrogen-bond donors (Lipinski definition) is 0. The molecular formula is C18H20ClN3O4S. The summed E-state index contributed by atoms with van der Waals surface area (Å²) in [6.07, 6.45) is 2.42. The third-order valence-electron chi connectivity index (χ3n) is 4.18. The fraction of sp³-hybridized carbons (Fsp3) is 0.444. The Morgan fingerprint density at radius 1 is 1.37 bits per heavy atom. The van der Waals surface area contributed by atoms with E-state index in [1.54, 1.807) is 30.0 Å². The topological polar surface area (TPSA) is 85.5 Å². The zero-order valence-corrected chi connectivity index (χ0v) is 16.5. The van der Waals surface area contributed by atoms with Crippen molar-refractivity contribution in [3.05, 3.63) is 29.3 Å². The van der Waals surface area contributed by atoms with Gasteiger partial charge in [-0.05, 0) is 44.4 Å². The summed E-state index contributed by atoms with van der Waals surface area (Å²) in [7, 11) is 0. The van der Waals surface area contributed by atoms with E-state index in [9.17, 15) is 9.59 Å². The summed E-state index contributed by atoms with van der Waals surface area (Å²) in [6.45, 7) is 2.62. The number of carbonyl (C=O) groups excluding carboxylic acids is 2. The van der Waals surface area contributed by atoms with E-state index in [4.69, 9.17) is 20.8 Å². The molecule has 1 atom stereocenters. The first-order valence-electron chi connectivity index (χ1n) is 8.77. The summed E-state index contributed by atoms with van der Waals surface area (Å²) >= 11 is 7.12. The molecule has 2 aromatic rings. The van der Waals surface area contributed by atoms with Crippen molar-refractivity contribution in [1.82, 2.24) is 15.1 Å². The van der Waals surface area contributed by atoms with Gasteiger partial charge < -0.3 is 14.1 Å². The second-order valence-corrected chi connectivity index (χ2v) is 7.39. The molecule has 1 aliphatic heterocycles. The van der Waals surface area contributed by atoms with Gasteiger partial charge in [-0.1, -0.05) is 29.4 Å². The molecule has 0 unspecified atom stereocenters. The van der Waals surface area contributed by atoms with Gasteiger partial charge in [0.1, 0.15) is 6.04 Å². The molecule has 0 radical (unpaired) electrons. The molecule has 1 aromatic heterocycles. The van der Waals surface area contributed by atoms with Crippen LogP contribution in [0.5, 0.6) is 0 Å². The molecule has 27 heavy (non-hydrogen) atoms. The first-order valence-corrected chi connectivity index (χ1v) is 10.1. The summed E-state index contributed by atoms with van der Waals surface area (Å²) in [4.78, 5) is 26.3. The smallest absolute Gasteiger partial charge is 0.328 e. The lowest BCUT2D eigenvalue weighted by Gasteiger charge is -2.33. The molecule has 0 N–H and O–H groups in total. The van der Waals surface area contributed by atoms with Gasteiger partial charge in [0.2, 0.25) is 11.8 Å². The fourth-order valence-corrected chi connectivity index (χ4v) is 3.77. The van der Waals surface area contributed by atoms with Gasteiger partial charge in [-0.15, -0.1) is 10.2 Å². The second-order valence-electron chi connectivity index (χ2n) is 6.02. The van der Waals surface area contributed by atoms with Crippen LogP contribution >= 0.6 is 23.4 Å². The first-order chi connectivity index (χ1) is 13.1. The molecule has 9 heteroatoms. The van der Waals surface area contributed by atoms with E-state index in [-0.39, 0.29) is 17.6 Å². The average molecular weight is 410 g/mol. The van der Waals surface area contributed by atoms with Crippen molar-refractivity contribution < 1.29 is 18.7 Å². The number of halogens is 1. The largest absolute Gasteiger partial charge is 0.464 e. The maximum atomic E-state index is 12.6. The summed E-state index contributed by atoms with van der Waals surface area (Å²) < 4.78 is 10.7. The van der Waals surface area contributed by atoms with E-state index < -0.39 is 6.04 Å². The molecule has 0 saturated carbocycles. The Labute approximate surface area is 166 Å². The van der Waals surface area contributed by atoms with Crippen molar-refractivity contribution in [1.29, 1.82) is 0 Å². The van der Waals surface area contributed by atoms with E-state index in [2.05, 4.69) is 10.2 Å². The van der Waals surface area contributed by atoms with E-state index in [0.29, 0.717) is 41.3 Å². The lowest BCUT2D eigenvalue weighted by Crippen LogP contribution is -2.49. The quantitative estimate of drug-likeness (QED) is 0.533. The van der Waals surface area contributed by atoms with Crippen molar-refractivity contribution in [2.75, 3.05) is 18.9 Å². The van der Waals surface area contributed by atoms with Crippen LogP contribution in [0.1, 0.15) is 26.2 Å². The highest BCUT2D eigenvalue weighted by Gasteiger charge is 2.33. The van der Waals surface area contributed by atoms with Gasteiger partial charge in [0.25, 0.3) is 5.22 Å². The summed E-state index contributed by atoms with van der Waals surface area (Å²) in [5.41, 5.74) is 0.714. The molecule has 0 spiro atoms. The van der Waals surface area contributed by atoms with Crippen LogP contribution in [-0.2, 0) is 14.3 Å². The van der Waals surface area contributed by atoms with Crippen molar-refractivity contribution >= 4 is 35.2 Å². The monoisotopic (exact) mass is 409 g/mol. The predicted molar refractivity (Wildman–Crippen MR) is 101 cm³/mol. The van der Waals surface area contributed by atoms with Gasteiger partial charge in [-0.25, -0.2) is 4.79 Å². The number of amides is 1. The molecule has 0 bridgehead atoms. The molecular weight excluding hydrogens is 390 g/mol. The molecule has 2 heterocycles. The molecule has 1 saturated heterocycles. The number of likely N-dealkylation sites (tertiary alicyclic amines) is 1. The molecule has 1 amide bonds. The number of hydrogen-bond acceptors (Lipinski definition) is 7. The van der Waals surface area contributed by atoms with Gasteiger partial charge in [0.05, 0.1) is 12.4 Å². The molecule has 1 aliphatic rings. The van der Waals surface area contributed by atoms with Gasteiger partial charge in [-0.2, -0.15) is 0 Å². The number of nitrogens with zero attached hydrogens (tertiary/aromatic N) is 3. The molecule has 7 nitrogen and oxygen atoms in total. The standard InChI is InChI=1S/C18H20ClN3O4S/c1-2-25-17(24)14-8-3-4-9-22(14)15(23)11-27-18-21-20-16(26-18)12-6-5-7-13(19)10-12/h5-7,10,14H,2-4,8-9,11H2,1H3/t14-/m1/s1. The number of esters is 1. The third kappa shape index (κ3) is 5.01. The third-order valence-corrected chi connectivity index (χ3v) is 5.22. The van der Waals surface area contributed by atoms with Crippen LogP contribution in [0.4, 0.5) is 0 Å². The number of rotatable bonds is 6. The maximum Gasteiger partial charge on any atom is 0.328 e. The Morgan fingerprint density at radius 2 is 2.22 bits per heavy atom. The molecule has 1 aromatic carbocycles. The Balaban J connectivity index is 1.61. The lowest BCUT2D eigenvalue weighted by molar-refractivity contribution is -0.155. The van der Waals surface area contributed by atoms with Gasteiger partial charge >= 0.3 is 5.97 Å². The highest BCUT2D eigenvalue weighted by Crippen LogP contribution is 2.26. The zero-order valence-electron chi connectivity index (χ0n) is 14.9. The number of carbonyl (C=O) groups is 2. The lowest BCUT2D eigenvalue weighted by atomic mass is 10.0. The van der Waals surface area contributed by atoms with Gasteiger partial charge in [0, 0.05) is 17.1 Å². The maximum absolute atomic E-state index is 12.6. The van der Waals surface area contributed by atoms with Crippen molar-refractivity contribution in [3.8, 4) is 11.5 Å². The minimum atomic E-state index is -0.503. The van der Waals surface area contributed by atoms with E-state index in [1.165, 1.54) is 0 Å². The molecule has 1 fully saturated rings. The van der Waals surface area contributed by atoms with Gasteiger partial charge in [-0.3, -0.25) is 4.79 Å². The Hall–Kier alpha value is -2.06. The highest BCUT2D eigenvalue weighted by molar-refractivity contribution is 7.99. The fourth-order valence-electron chi connectivity index (χ4n) is 2.93. The minimum Gasteiger partial charge on any atom is -0.464 e.